The van der Waals surface area contributed by atoms with Gasteiger partial charge in [-0.2, -0.15) is 0 Å². The third-order valence-electron chi connectivity index (χ3n) is 6.13. The molecule has 0 bridgehead atoms. The molecule has 1 heterocycles. The van der Waals surface area contributed by atoms with Crippen LogP contribution < -0.4 is 0 Å². The topological polar surface area (TPSA) is 79.5 Å². The van der Waals surface area contributed by atoms with E-state index >= 15 is 4.39 Å². The van der Waals surface area contributed by atoms with Crippen LogP contribution in [0.3, 0.4) is 0 Å². The predicted octanol–water partition coefficient (Wildman–Crippen LogP) is 5.63. The standard InChI is InChI=1S/C23H20ClF2NO4/c1-11-17(18(23(30)31)12-5-2-3-6-12)19-16(10-15(25)21(28)20(19)26)27(11)22(29)13-7-4-8-14(24)9-13/h4,7-10,12,18,28H,2-3,5-6H2,1H3,(H,30,31). The summed E-state index contributed by atoms with van der Waals surface area (Å²) in [5.74, 6) is -6.78. The van der Waals surface area contributed by atoms with Crippen LogP contribution in [0.5, 0.6) is 5.75 Å². The summed E-state index contributed by atoms with van der Waals surface area (Å²) in [6.07, 6.45) is 3.02. The SMILES string of the molecule is Cc1c(C(C(=O)O)C2CCCC2)c2c(F)c(O)c(F)cc2n1C(=O)c1cccc(Cl)c1. The summed E-state index contributed by atoms with van der Waals surface area (Å²) in [6, 6.07) is 6.96. The zero-order valence-electron chi connectivity index (χ0n) is 16.7. The van der Waals surface area contributed by atoms with E-state index in [0.29, 0.717) is 17.9 Å². The van der Waals surface area contributed by atoms with Crippen molar-refractivity contribution in [1.29, 1.82) is 0 Å². The zero-order valence-corrected chi connectivity index (χ0v) is 17.4. The molecule has 1 saturated carbocycles. The van der Waals surface area contributed by atoms with Crippen LogP contribution >= 0.6 is 11.6 Å². The highest BCUT2D eigenvalue weighted by Gasteiger charge is 2.38. The zero-order chi connectivity index (χ0) is 22.4. The monoisotopic (exact) mass is 447 g/mol. The van der Waals surface area contributed by atoms with Crippen LogP contribution in [0.15, 0.2) is 30.3 Å². The summed E-state index contributed by atoms with van der Waals surface area (Å²) in [5.41, 5.74) is 0.343. The maximum absolute atomic E-state index is 15.1. The Bertz CT molecular complexity index is 1210. The van der Waals surface area contributed by atoms with Gasteiger partial charge < -0.3 is 10.2 Å². The number of carbonyl (C=O) groups excluding carboxylic acids is 1. The molecule has 31 heavy (non-hydrogen) atoms. The van der Waals surface area contributed by atoms with Crippen molar-refractivity contribution in [3.05, 3.63) is 63.8 Å². The molecule has 4 rings (SSSR count). The Morgan fingerprint density at radius 3 is 2.48 bits per heavy atom. The molecule has 1 aliphatic rings. The van der Waals surface area contributed by atoms with Gasteiger partial charge in [0.15, 0.2) is 17.4 Å². The lowest BCUT2D eigenvalue weighted by Gasteiger charge is -2.20. The summed E-state index contributed by atoms with van der Waals surface area (Å²) in [5, 5.41) is 20.0. The van der Waals surface area contributed by atoms with Gasteiger partial charge in [0, 0.05) is 27.7 Å². The van der Waals surface area contributed by atoms with Gasteiger partial charge in [0.2, 0.25) is 0 Å². The van der Waals surface area contributed by atoms with Gasteiger partial charge in [-0.3, -0.25) is 14.2 Å². The van der Waals surface area contributed by atoms with Gasteiger partial charge in [0.1, 0.15) is 0 Å². The largest absolute Gasteiger partial charge is 0.503 e. The Kier molecular flexibility index (Phi) is 5.47. The molecule has 162 valence electrons. The average Bonchev–Trinajstić information content (AvgIpc) is 3.33. The second kappa shape index (κ2) is 7.96. The van der Waals surface area contributed by atoms with Crippen LogP contribution in [-0.4, -0.2) is 26.7 Å². The molecule has 0 amide bonds. The summed E-state index contributed by atoms with van der Waals surface area (Å²) in [4.78, 5) is 25.6. The van der Waals surface area contributed by atoms with Crippen LogP contribution in [0.4, 0.5) is 8.78 Å². The van der Waals surface area contributed by atoms with Crippen molar-refractivity contribution in [3.8, 4) is 5.75 Å². The molecule has 1 fully saturated rings. The number of carbonyl (C=O) groups is 2. The van der Waals surface area contributed by atoms with E-state index in [1.165, 1.54) is 19.1 Å². The molecule has 5 nitrogen and oxygen atoms in total. The number of halogens is 3. The number of fused-ring (bicyclic) bond motifs is 1. The summed E-state index contributed by atoms with van der Waals surface area (Å²) in [7, 11) is 0. The average molecular weight is 448 g/mol. The first-order valence-electron chi connectivity index (χ1n) is 9.97. The highest BCUT2D eigenvalue weighted by molar-refractivity contribution is 6.31. The fourth-order valence-corrected chi connectivity index (χ4v) is 4.95. The molecule has 0 aliphatic heterocycles. The number of hydrogen-bond acceptors (Lipinski definition) is 3. The molecule has 1 atom stereocenters. The number of rotatable bonds is 4. The molecular weight excluding hydrogens is 428 g/mol. The van der Waals surface area contributed by atoms with E-state index in [0.717, 1.165) is 23.5 Å². The maximum Gasteiger partial charge on any atom is 0.311 e. The molecule has 2 N–H and O–H groups in total. The van der Waals surface area contributed by atoms with Gasteiger partial charge in [-0.05, 0) is 49.4 Å². The lowest BCUT2D eigenvalue weighted by Crippen LogP contribution is -2.21. The smallest absolute Gasteiger partial charge is 0.311 e. The van der Waals surface area contributed by atoms with E-state index in [-0.39, 0.29) is 33.6 Å². The van der Waals surface area contributed by atoms with E-state index in [1.807, 2.05) is 0 Å². The molecule has 0 spiro atoms. The summed E-state index contributed by atoms with van der Waals surface area (Å²) in [6.45, 7) is 1.51. The summed E-state index contributed by atoms with van der Waals surface area (Å²) >= 11 is 6.00. The van der Waals surface area contributed by atoms with Crippen molar-refractivity contribution in [2.75, 3.05) is 0 Å². The second-order valence-electron chi connectivity index (χ2n) is 7.93. The van der Waals surface area contributed by atoms with Gasteiger partial charge in [-0.15, -0.1) is 0 Å². The second-order valence-corrected chi connectivity index (χ2v) is 8.36. The van der Waals surface area contributed by atoms with Crippen molar-refractivity contribution in [1.82, 2.24) is 4.57 Å². The number of phenols is 1. The van der Waals surface area contributed by atoms with Crippen LogP contribution in [0.2, 0.25) is 5.02 Å². The molecule has 0 saturated heterocycles. The number of carboxylic acid groups (broad SMARTS) is 1. The van der Waals surface area contributed by atoms with Gasteiger partial charge in [-0.25, -0.2) is 8.78 Å². The number of phenolic OH excluding ortho intramolecular Hbond substituents is 1. The van der Waals surface area contributed by atoms with Crippen molar-refractivity contribution in [2.45, 2.75) is 38.5 Å². The van der Waals surface area contributed by atoms with Crippen LogP contribution in [0.25, 0.3) is 10.9 Å². The fraction of sp³-hybridized carbons (Fsp3) is 0.304. The van der Waals surface area contributed by atoms with Gasteiger partial charge >= 0.3 is 5.97 Å². The first kappa shape index (κ1) is 21.3. The molecule has 8 heteroatoms. The van der Waals surface area contributed by atoms with Crippen molar-refractivity contribution < 1.29 is 28.6 Å². The molecule has 0 radical (unpaired) electrons. The first-order chi connectivity index (χ1) is 14.7. The third kappa shape index (κ3) is 3.47. The van der Waals surface area contributed by atoms with Crippen molar-refractivity contribution in [3.63, 3.8) is 0 Å². The molecule has 1 aromatic heterocycles. The molecule has 1 aliphatic carbocycles. The third-order valence-corrected chi connectivity index (χ3v) is 6.37. The molecular formula is C23H20ClF2NO4. The van der Waals surface area contributed by atoms with Gasteiger partial charge in [0.25, 0.3) is 5.91 Å². The number of carboxylic acids is 1. The molecule has 1 unspecified atom stereocenters. The van der Waals surface area contributed by atoms with E-state index in [4.69, 9.17) is 11.6 Å². The lowest BCUT2D eigenvalue weighted by molar-refractivity contribution is -0.140. The number of hydrogen-bond donors (Lipinski definition) is 2. The Morgan fingerprint density at radius 1 is 1.19 bits per heavy atom. The minimum Gasteiger partial charge on any atom is -0.503 e. The lowest BCUT2D eigenvalue weighted by atomic mass is 9.83. The molecule has 3 aromatic rings. The number of aliphatic carboxylic acids is 1. The van der Waals surface area contributed by atoms with E-state index in [1.54, 1.807) is 12.1 Å². The minimum absolute atomic E-state index is 0.0950. The van der Waals surface area contributed by atoms with Crippen molar-refractivity contribution >= 4 is 34.4 Å². The summed E-state index contributed by atoms with van der Waals surface area (Å²) < 4.78 is 30.5. The normalized spacial score (nSPS) is 15.5. The number of benzene rings is 2. The van der Waals surface area contributed by atoms with E-state index in [9.17, 15) is 24.2 Å². The Hall–Kier alpha value is -2.93. The highest BCUT2D eigenvalue weighted by atomic mass is 35.5. The number of aromatic hydroxyl groups is 1. The predicted molar refractivity (Wildman–Crippen MR) is 112 cm³/mol. The molecule has 2 aromatic carbocycles. The van der Waals surface area contributed by atoms with Crippen LogP contribution in [0.1, 0.15) is 53.2 Å². The Balaban J connectivity index is 2.05. The fourth-order valence-electron chi connectivity index (χ4n) is 4.76. The van der Waals surface area contributed by atoms with Crippen molar-refractivity contribution in [2.24, 2.45) is 5.92 Å². The van der Waals surface area contributed by atoms with E-state index in [2.05, 4.69) is 0 Å². The first-order valence-corrected chi connectivity index (χ1v) is 10.3. The van der Waals surface area contributed by atoms with Crippen LogP contribution in [0, 0.1) is 24.5 Å². The quantitative estimate of drug-likeness (QED) is 0.543. The van der Waals surface area contributed by atoms with E-state index < -0.39 is 35.2 Å². The Morgan fingerprint density at radius 2 is 1.87 bits per heavy atom. The number of aromatic nitrogens is 1. The Labute approximate surface area is 181 Å². The van der Waals surface area contributed by atoms with Crippen LogP contribution in [-0.2, 0) is 4.79 Å². The van der Waals surface area contributed by atoms with Gasteiger partial charge in [0.05, 0.1) is 11.4 Å². The van der Waals surface area contributed by atoms with Gasteiger partial charge in [-0.1, -0.05) is 30.5 Å². The minimum atomic E-state index is -1.27. The maximum atomic E-state index is 15.1. The number of nitrogens with zero attached hydrogens (tertiary/aromatic N) is 1. The highest BCUT2D eigenvalue weighted by Crippen LogP contribution is 2.45.